The molecule has 0 fully saturated rings. The predicted octanol–water partition coefficient (Wildman–Crippen LogP) is 2.87. The Morgan fingerprint density at radius 1 is 1.47 bits per heavy atom. The minimum Gasteiger partial charge on any atom is -0.334 e. The highest BCUT2D eigenvalue weighted by atomic mass is 79.9. The molecule has 0 saturated heterocycles. The molecule has 0 amide bonds. The van der Waals surface area contributed by atoms with E-state index in [-0.39, 0.29) is 5.92 Å². The Bertz CT molecular complexity index is 524. The van der Waals surface area contributed by atoms with Crippen LogP contribution in [0.4, 0.5) is 0 Å². The van der Waals surface area contributed by atoms with Gasteiger partial charge in [0.15, 0.2) is 5.82 Å². The number of aromatic nitrogens is 2. The molecule has 2 aromatic rings. The highest BCUT2D eigenvalue weighted by Crippen LogP contribution is 2.25. The van der Waals surface area contributed by atoms with Crippen LogP contribution in [0.2, 0.25) is 0 Å². The minimum absolute atomic E-state index is 0.112. The quantitative estimate of drug-likeness (QED) is 0.946. The molecule has 1 heterocycles. The Labute approximate surface area is 108 Å². The second kappa shape index (κ2) is 4.98. The summed E-state index contributed by atoms with van der Waals surface area (Å²) in [6.07, 6.45) is 0. The minimum atomic E-state index is 0.112. The molecule has 1 aromatic heterocycles. The van der Waals surface area contributed by atoms with Crippen molar-refractivity contribution in [2.75, 3.05) is 6.54 Å². The lowest BCUT2D eigenvalue weighted by molar-refractivity contribution is 0.418. The Morgan fingerprint density at radius 2 is 2.24 bits per heavy atom. The molecule has 90 valence electrons. The van der Waals surface area contributed by atoms with Gasteiger partial charge in [0.2, 0.25) is 0 Å². The molecule has 1 atom stereocenters. The predicted molar refractivity (Wildman–Crippen MR) is 69.6 cm³/mol. The molecule has 0 radical (unpaired) electrons. The Morgan fingerprint density at radius 3 is 2.88 bits per heavy atom. The maximum atomic E-state index is 5.57. The van der Waals surface area contributed by atoms with E-state index in [1.54, 1.807) is 0 Å². The topological polar surface area (TPSA) is 64.9 Å². The molecule has 0 aliphatic rings. The standard InChI is InChI=1S/C12H14BrN3O/c1-7-3-4-9(5-10(7)13)12-15-11(16-17-12)8(2)6-14/h3-5,8H,6,14H2,1-2H3. The number of nitrogens with zero attached hydrogens (tertiary/aromatic N) is 2. The van der Waals surface area contributed by atoms with E-state index in [9.17, 15) is 0 Å². The summed E-state index contributed by atoms with van der Waals surface area (Å²) in [4.78, 5) is 4.34. The van der Waals surface area contributed by atoms with Gasteiger partial charge in [0, 0.05) is 22.5 Å². The molecular formula is C12H14BrN3O. The maximum absolute atomic E-state index is 5.57. The third kappa shape index (κ3) is 2.56. The summed E-state index contributed by atoms with van der Waals surface area (Å²) in [5.74, 6) is 1.29. The van der Waals surface area contributed by atoms with Crippen molar-refractivity contribution in [3.63, 3.8) is 0 Å². The SMILES string of the molecule is Cc1ccc(-c2nc(C(C)CN)no2)cc1Br. The Balaban J connectivity index is 2.33. The van der Waals surface area contributed by atoms with Crippen LogP contribution in [0.5, 0.6) is 0 Å². The zero-order chi connectivity index (χ0) is 12.4. The third-order valence-electron chi connectivity index (χ3n) is 2.65. The van der Waals surface area contributed by atoms with Crippen LogP contribution in [-0.2, 0) is 0 Å². The van der Waals surface area contributed by atoms with Crippen LogP contribution in [-0.4, -0.2) is 16.7 Å². The van der Waals surface area contributed by atoms with E-state index in [1.807, 2.05) is 32.0 Å². The van der Waals surface area contributed by atoms with Gasteiger partial charge in [-0.3, -0.25) is 0 Å². The van der Waals surface area contributed by atoms with Crippen LogP contribution in [0, 0.1) is 6.92 Å². The van der Waals surface area contributed by atoms with Crippen molar-refractivity contribution in [3.8, 4) is 11.5 Å². The first-order chi connectivity index (χ1) is 8.11. The second-order valence-electron chi connectivity index (χ2n) is 4.06. The van der Waals surface area contributed by atoms with Gasteiger partial charge >= 0.3 is 0 Å². The van der Waals surface area contributed by atoms with E-state index in [0.29, 0.717) is 18.3 Å². The van der Waals surface area contributed by atoms with Crippen LogP contribution in [0.15, 0.2) is 27.2 Å². The summed E-state index contributed by atoms with van der Waals surface area (Å²) in [5.41, 5.74) is 7.64. The fourth-order valence-electron chi connectivity index (χ4n) is 1.38. The first-order valence-corrected chi connectivity index (χ1v) is 6.21. The monoisotopic (exact) mass is 295 g/mol. The second-order valence-corrected chi connectivity index (χ2v) is 4.91. The van der Waals surface area contributed by atoms with Crippen molar-refractivity contribution < 1.29 is 4.52 Å². The van der Waals surface area contributed by atoms with Gasteiger partial charge < -0.3 is 10.3 Å². The number of aryl methyl sites for hydroxylation is 1. The molecule has 0 aliphatic heterocycles. The smallest absolute Gasteiger partial charge is 0.257 e. The van der Waals surface area contributed by atoms with Crippen LogP contribution < -0.4 is 5.73 Å². The van der Waals surface area contributed by atoms with E-state index in [2.05, 4.69) is 26.1 Å². The van der Waals surface area contributed by atoms with Crippen molar-refractivity contribution in [3.05, 3.63) is 34.1 Å². The van der Waals surface area contributed by atoms with Crippen LogP contribution in [0.25, 0.3) is 11.5 Å². The van der Waals surface area contributed by atoms with Crippen molar-refractivity contribution in [2.45, 2.75) is 19.8 Å². The lowest BCUT2D eigenvalue weighted by atomic mass is 10.1. The van der Waals surface area contributed by atoms with Gasteiger partial charge in [-0.05, 0) is 24.6 Å². The van der Waals surface area contributed by atoms with Gasteiger partial charge in [0.05, 0.1) is 0 Å². The summed E-state index contributed by atoms with van der Waals surface area (Å²) < 4.78 is 6.26. The molecule has 1 unspecified atom stereocenters. The van der Waals surface area contributed by atoms with Crippen molar-refractivity contribution in [1.82, 2.24) is 10.1 Å². The molecule has 2 N–H and O–H groups in total. The molecule has 4 nitrogen and oxygen atoms in total. The van der Waals surface area contributed by atoms with Gasteiger partial charge in [0.1, 0.15) is 0 Å². The molecule has 17 heavy (non-hydrogen) atoms. The molecule has 0 saturated carbocycles. The molecule has 5 heteroatoms. The average Bonchev–Trinajstić information content (AvgIpc) is 2.81. The number of halogens is 1. The summed E-state index contributed by atoms with van der Waals surface area (Å²) >= 11 is 3.48. The first-order valence-electron chi connectivity index (χ1n) is 5.42. The highest BCUT2D eigenvalue weighted by molar-refractivity contribution is 9.10. The van der Waals surface area contributed by atoms with Gasteiger partial charge in [-0.25, -0.2) is 0 Å². The molecule has 1 aromatic carbocycles. The Kier molecular flexibility index (Phi) is 3.59. The van der Waals surface area contributed by atoms with Gasteiger partial charge in [-0.15, -0.1) is 0 Å². The highest BCUT2D eigenvalue weighted by Gasteiger charge is 2.13. The van der Waals surface area contributed by atoms with Crippen LogP contribution in [0.1, 0.15) is 24.2 Å². The summed E-state index contributed by atoms with van der Waals surface area (Å²) in [6.45, 7) is 4.51. The average molecular weight is 296 g/mol. The number of nitrogens with two attached hydrogens (primary N) is 1. The van der Waals surface area contributed by atoms with Crippen molar-refractivity contribution in [1.29, 1.82) is 0 Å². The normalized spacial score (nSPS) is 12.7. The third-order valence-corrected chi connectivity index (χ3v) is 3.51. The molecule has 0 aliphatic carbocycles. The number of hydrogen-bond acceptors (Lipinski definition) is 4. The molecule has 0 spiro atoms. The maximum Gasteiger partial charge on any atom is 0.257 e. The lowest BCUT2D eigenvalue weighted by Gasteiger charge is -2.00. The largest absolute Gasteiger partial charge is 0.334 e. The summed E-state index contributed by atoms with van der Waals surface area (Å²) in [5, 5.41) is 3.93. The van der Waals surface area contributed by atoms with Crippen LogP contribution in [0.3, 0.4) is 0 Å². The molecule has 0 bridgehead atoms. The van der Waals surface area contributed by atoms with Crippen molar-refractivity contribution >= 4 is 15.9 Å². The van der Waals surface area contributed by atoms with E-state index in [1.165, 1.54) is 5.56 Å². The zero-order valence-electron chi connectivity index (χ0n) is 9.77. The van der Waals surface area contributed by atoms with E-state index < -0.39 is 0 Å². The molecule has 2 rings (SSSR count). The van der Waals surface area contributed by atoms with E-state index in [4.69, 9.17) is 10.3 Å². The number of benzene rings is 1. The fourth-order valence-corrected chi connectivity index (χ4v) is 1.76. The summed E-state index contributed by atoms with van der Waals surface area (Å²) in [6, 6.07) is 5.94. The summed E-state index contributed by atoms with van der Waals surface area (Å²) in [7, 11) is 0. The number of rotatable bonds is 3. The zero-order valence-corrected chi connectivity index (χ0v) is 11.4. The van der Waals surface area contributed by atoms with Gasteiger partial charge in [0.25, 0.3) is 5.89 Å². The first kappa shape index (κ1) is 12.3. The van der Waals surface area contributed by atoms with Crippen LogP contribution >= 0.6 is 15.9 Å². The van der Waals surface area contributed by atoms with Crippen molar-refractivity contribution in [2.24, 2.45) is 5.73 Å². The lowest BCUT2D eigenvalue weighted by Crippen LogP contribution is -2.10. The Hall–Kier alpha value is -1.20. The van der Waals surface area contributed by atoms with E-state index in [0.717, 1.165) is 10.0 Å². The van der Waals surface area contributed by atoms with E-state index >= 15 is 0 Å². The fraction of sp³-hybridized carbons (Fsp3) is 0.333. The van der Waals surface area contributed by atoms with Gasteiger partial charge in [-0.2, -0.15) is 4.98 Å². The molecular weight excluding hydrogens is 282 g/mol. The van der Waals surface area contributed by atoms with Gasteiger partial charge in [-0.1, -0.05) is 34.1 Å². The number of hydrogen-bond donors (Lipinski definition) is 1.